The molecule has 1 unspecified atom stereocenters. The summed E-state index contributed by atoms with van der Waals surface area (Å²) in [7, 11) is 1.81. The summed E-state index contributed by atoms with van der Waals surface area (Å²) in [5.74, 6) is 0.483. The molecule has 0 fully saturated rings. The standard InChI is InChI=1S/C13H24ClN3O2/c1-9(2)7-19-8-11(18)5-15-6-12-10(3)16-17(4)13(12)14/h9,11,15,18H,5-8H2,1-4H3. The summed E-state index contributed by atoms with van der Waals surface area (Å²) in [6, 6.07) is 0. The Kier molecular flexibility index (Phi) is 6.79. The van der Waals surface area contributed by atoms with Crippen LogP contribution in [0.25, 0.3) is 0 Å². The molecule has 0 aliphatic heterocycles. The van der Waals surface area contributed by atoms with Crippen molar-refractivity contribution in [2.24, 2.45) is 13.0 Å². The van der Waals surface area contributed by atoms with Crippen molar-refractivity contribution in [1.29, 1.82) is 0 Å². The first-order valence-electron chi connectivity index (χ1n) is 6.56. The molecule has 0 aliphatic rings. The van der Waals surface area contributed by atoms with Gasteiger partial charge in [-0.05, 0) is 12.8 Å². The first-order valence-corrected chi connectivity index (χ1v) is 6.94. The normalized spacial score (nSPS) is 13.2. The Hall–Kier alpha value is -0.620. The fourth-order valence-corrected chi connectivity index (χ4v) is 1.98. The zero-order chi connectivity index (χ0) is 14.4. The predicted molar refractivity (Wildman–Crippen MR) is 76.3 cm³/mol. The van der Waals surface area contributed by atoms with Gasteiger partial charge in [-0.15, -0.1) is 0 Å². The van der Waals surface area contributed by atoms with Gasteiger partial charge >= 0.3 is 0 Å². The second-order valence-electron chi connectivity index (χ2n) is 5.19. The average molecular weight is 290 g/mol. The quantitative estimate of drug-likeness (QED) is 0.761. The maximum Gasteiger partial charge on any atom is 0.131 e. The van der Waals surface area contributed by atoms with Crippen molar-refractivity contribution in [2.45, 2.75) is 33.4 Å². The van der Waals surface area contributed by atoms with Crippen LogP contribution in [0.3, 0.4) is 0 Å². The van der Waals surface area contributed by atoms with Crippen LogP contribution < -0.4 is 5.32 Å². The summed E-state index contributed by atoms with van der Waals surface area (Å²) < 4.78 is 7.03. The van der Waals surface area contributed by atoms with E-state index in [2.05, 4.69) is 24.3 Å². The molecule has 1 atom stereocenters. The zero-order valence-electron chi connectivity index (χ0n) is 12.1. The fraction of sp³-hybridized carbons (Fsp3) is 0.769. The highest BCUT2D eigenvalue weighted by atomic mass is 35.5. The second kappa shape index (κ2) is 7.85. The minimum atomic E-state index is -0.505. The fourth-order valence-electron chi connectivity index (χ4n) is 1.74. The van der Waals surface area contributed by atoms with Crippen LogP contribution in [0.4, 0.5) is 0 Å². The summed E-state index contributed by atoms with van der Waals surface area (Å²) in [6.07, 6.45) is -0.505. The van der Waals surface area contributed by atoms with Crippen molar-refractivity contribution in [1.82, 2.24) is 15.1 Å². The summed E-state index contributed by atoms with van der Waals surface area (Å²) in [5, 5.41) is 17.8. The van der Waals surface area contributed by atoms with Gasteiger partial charge in [-0.25, -0.2) is 0 Å². The maximum atomic E-state index is 9.74. The van der Waals surface area contributed by atoms with Crippen LogP contribution >= 0.6 is 11.6 Å². The number of rotatable bonds is 8. The number of nitrogens with one attached hydrogen (secondary N) is 1. The lowest BCUT2D eigenvalue weighted by Crippen LogP contribution is -2.30. The highest BCUT2D eigenvalue weighted by molar-refractivity contribution is 6.30. The Morgan fingerprint density at radius 1 is 1.42 bits per heavy atom. The molecule has 0 aromatic carbocycles. The number of aliphatic hydroxyl groups excluding tert-OH is 1. The van der Waals surface area contributed by atoms with Crippen molar-refractivity contribution >= 4 is 11.6 Å². The van der Waals surface area contributed by atoms with E-state index in [0.29, 0.717) is 37.4 Å². The molecule has 19 heavy (non-hydrogen) atoms. The topological polar surface area (TPSA) is 59.3 Å². The summed E-state index contributed by atoms with van der Waals surface area (Å²) in [5.41, 5.74) is 1.88. The van der Waals surface area contributed by atoms with E-state index in [1.807, 2.05) is 14.0 Å². The lowest BCUT2D eigenvalue weighted by Gasteiger charge is -2.13. The Balaban J connectivity index is 2.26. The molecule has 1 aromatic rings. The first-order chi connectivity index (χ1) is 8.91. The SMILES string of the molecule is Cc1nn(C)c(Cl)c1CNCC(O)COCC(C)C. The van der Waals surface area contributed by atoms with Crippen molar-refractivity contribution in [3.8, 4) is 0 Å². The lowest BCUT2D eigenvalue weighted by molar-refractivity contribution is 0.0260. The monoisotopic (exact) mass is 289 g/mol. The van der Waals surface area contributed by atoms with Gasteiger partial charge in [0, 0.05) is 32.3 Å². The van der Waals surface area contributed by atoms with Crippen LogP contribution in [0.2, 0.25) is 5.15 Å². The molecule has 0 amide bonds. The molecule has 0 bridgehead atoms. The van der Waals surface area contributed by atoms with Gasteiger partial charge in [0.15, 0.2) is 0 Å². The smallest absolute Gasteiger partial charge is 0.131 e. The number of aromatic nitrogens is 2. The third kappa shape index (κ3) is 5.48. The molecular weight excluding hydrogens is 266 g/mol. The van der Waals surface area contributed by atoms with Crippen LogP contribution in [0.15, 0.2) is 0 Å². The van der Waals surface area contributed by atoms with E-state index in [4.69, 9.17) is 16.3 Å². The van der Waals surface area contributed by atoms with Crippen LogP contribution in [0.5, 0.6) is 0 Å². The number of aryl methyl sites for hydroxylation is 2. The number of halogens is 1. The first kappa shape index (κ1) is 16.4. The number of hydrogen-bond donors (Lipinski definition) is 2. The van der Waals surface area contributed by atoms with E-state index < -0.39 is 6.10 Å². The Morgan fingerprint density at radius 2 is 2.11 bits per heavy atom. The lowest BCUT2D eigenvalue weighted by atomic mass is 10.2. The molecule has 0 aliphatic carbocycles. The molecule has 2 N–H and O–H groups in total. The van der Waals surface area contributed by atoms with Gasteiger partial charge < -0.3 is 15.2 Å². The zero-order valence-corrected chi connectivity index (χ0v) is 12.9. The van der Waals surface area contributed by atoms with E-state index >= 15 is 0 Å². The molecule has 0 saturated heterocycles. The molecule has 5 nitrogen and oxygen atoms in total. The molecule has 1 rings (SSSR count). The van der Waals surface area contributed by atoms with Crippen LogP contribution in [0.1, 0.15) is 25.1 Å². The molecule has 110 valence electrons. The number of nitrogens with zero attached hydrogens (tertiary/aromatic N) is 2. The predicted octanol–water partition coefficient (Wildman–Crippen LogP) is 1.51. The molecule has 6 heteroatoms. The van der Waals surface area contributed by atoms with E-state index in [1.54, 1.807) is 4.68 Å². The number of hydrogen-bond acceptors (Lipinski definition) is 4. The third-order valence-corrected chi connectivity index (χ3v) is 3.19. The highest BCUT2D eigenvalue weighted by Crippen LogP contribution is 2.17. The molecule has 0 spiro atoms. The van der Waals surface area contributed by atoms with E-state index in [-0.39, 0.29) is 0 Å². The molecule has 1 heterocycles. The number of ether oxygens (including phenoxy) is 1. The Labute approximate surface area is 119 Å². The maximum absolute atomic E-state index is 9.74. The number of aliphatic hydroxyl groups is 1. The van der Waals surface area contributed by atoms with Crippen molar-refractivity contribution in [3.63, 3.8) is 0 Å². The second-order valence-corrected chi connectivity index (χ2v) is 5.55. The van der Waals surface area contributed by atoms with E-state index in [1.165, 1.54) is 0 Å². The summed E-state index contributed by atoms with van der Waals surface area (Å²) >= 11 is 6.12. The molecular formula is C13H24ClN3O2. The Bertz CT molecular complexity index is 393. The molecule has 0 saturated carbocycles. The van der Waals surface area contributed by atoms with Gasteiger partial charge in [-0.3, -0.25) is 4.68 Å². The van der Waals surface area contributed by atoms with Crippen LogP contribution in [-0.2, 0) is 18.3 Å². The largest absolute Gasteiger partial charge is 0.389 e. The average Bonchev–Trinajstić information content (AvgIpc) is 2.55. The van der Waals surface area contributed by atoms with Gasteiger partial charge in [0.2, 0.25) is 0 Å². The minimum absolute atomic E-state index is 0.352. The molecule has 0 radical (unpaired) electrons. The van der Waals surface area contributed by atoms with Crippen LogP contribution in [-0.4, -0.2) is 40.7 Å². The summed E-state index contributed by atoms with van der Waals surface area (Å²) in [6.45, 7) is 8.18. The minimum Gasteiger partial charge on any atom is -0.389 e. The van der Waals surface area contributed by atoms with Gasteiger partial charge in [-0.1, -0.05) is 25.4 Å². The van der Waals surface area contributed by atoms with Gasteiger partial charge in [0.1, 0.15) is 5.15 Å². The Morgan fingerprint density at radius 3 is 2.63 bits per heavy atom. The highest BCUT2D eigenvalue weighted by Gasteiger charge is 2.11. The van der Waals surface area contributed by atoms with Gasteiger partial charge in [0.05, 0.1) is 18.4 Å². The van der Waals surface area contributed by atoms with Crippen molar-refractivity contribution in [3.05, 3.63) is 16.4 Å². The van der Waals surface area contributed by atoms with E-state index in [9.17, 15) is 5.11 Å². The van der Waals surface area contributed by atoms with E-state index in [0.717, 1.165) is 11.3 Å². The van der Waals surface area contributed by atoms with Gasteiger partial charge in [-0.2, -0.15) is 5.10 Å². The van der Waals surface area contributed by atoms with Gasteiger partial charge in [0.25, 0.3) is 0 Å². The third-order valence-electron chi connectivity index (χ3n) is 2.71. The van der Waals surface area contributed by atoms with Crippen molar-refractivity contribution in [2.75, 3.05) is 19.8 Å². The summed E-state index contributed by atoms with van der Waals surface area (Å²) in [4.78, 5) is 0. The van der Waals surface area contributed by atoms with Crippen molar-refractivity contribution < 1.29 is 9.84 Å². The van der Waals surface area contributed by atoms with Crippen LogP contribution in [0, 0.1) is 12.8 Å². The molecule has 1 aromatic heterocycles.